The molecule has 0 spiro atoms. The summed E-state index contributed by atoms with van der Waals surface area (Å²) in [5, 5.41) is 9.31. The Labute approximate surface area is 129 Å². The lowest BCUT2D eigenvalue weighted by atomic mass is 10.2. The second kappa shape index (κ2) is 5.76. The normalized spacial score (nSPS) is 10.4. The molecule has 114 valence electrons. The van der Waals surface area contributed by atoms with Gasteiger partial charge >= 0.3 is 17.6 Å². The highest BCUT2D eigenvalue weighted by Crippen LogP contribution is 2.21. The molecule has 0 unspecified atom stereocenters. The number of carboxylic acids is 1. The fourth-order valence-electron chi connectivity index (χ4n) is 2.04. The van der Waals surface area contributed by atoms with Crippen molar-refractivity contribution in [3.63, 3.8) is 0 Å². The summed E-state index contributed by atoms with van der Waals surface area (Å²) in [6.45, 7) is 0. The smallest absolute Gasteiger partial charge is 0.351 e. The summed E-state index contributed by atoms with van der Waals surface area (Å²) in [6.07, 6.45) is 0. The third-order valence-electron chi connectivity index (χ3n) is 3.16. The number of hydrogen-bond acceptors (Lipinski definition) is 5. The van der Waals surface area contributed by atoms with E-state index in [1.54, 1.807) is 30.3 Å². The van der Waals surface area contributed by atoms with Crippen molar-refractivity contribution >= 4 is 22.9 Å². The first-order valence-electron chi connectivity index (χ1n) is 6.63. The summed E-state index contributed by atoms with van der Waals surface area (Å²) in [6, 6.07) is 14.0. The van der Waals surface area contributed by atoms with E-state index in [0.29, 0.717) is 10.9 Å². The Morgan fingerprint density at radius 1 is 1.00 bits per heavy atom. The molecule has 23 heavy (non-hydrogen) atoms. The lowest BCUT2D eigenvalue weighted by Gasteiger charge is -2.05. The molecule has 0 bridgehead atoms. The Morgan fingerprint density at radius 3 is 2.43 bits per heavy atom. The number of aromatic carboxylic acids is 1. The molecule has 6 nitrogen and oxygen atoms in total. The average molecular weight is 310 g/mol. The van der Waals surface area contributed by atoms with E-state index in [2.05, 4.69) is 0 Å². The van der Waals surface area contributed by atoms with Gasteiger partial charge in [0, 0.05) is 11.5 Å². The van der Waals surface area contributed by atoms with Crippen LogP contribution in [0.3, 0.4) is 0 Å². The third kappa shape index (κ3) is 2.96. The van der Waals surface area contributed by atoms with E-state index < -0.39 is 23.1 Å². The van der Waals surface area contributed by atoms with Crippen molar-refractivity contribution in [3.05, 3.63) is 76.1 Å². The van der Waals surface area contributed by atoms with Gasteiger partial charge in [-0.3, -0.25) is 0 Å². The summed E-state index contributed by atoms with van der Waals surface area (Å²) in [7, 11) is 0. The fraction of sp³-hybridized carbons (Fsp3) is 0. The standard InChI is InChI=1S/C17H10O6/c18-15(19)13-8-11-6-7-12(9-14(11)23-17(13)21)22-16(20)10-4-2-1-3-5-10/h1-9H,(H,18,19). The zero-order valence-corrected chi connectivity index (χ0v) is 11.7. The number of ether oxygens (including phenoxy) is 1. The second-order valence-electron chi connectivity index (χ2n) is 4.71. The number of fused-ring (bicyclic) bond motifs is 1. The molecule has 1 aromatic heterocycles. The lowest BCUT2D eigenvalue weighted by Crippen LogP contribution is -2.13. The van der Waals surface area contributed by atoms with Crippen molar-refractivity contribution in [1.29, 1.82) is 0 Å². The van der Waals surface area contributed by atoms with Crippen LogP contribution in [0, 0.1) is 0 Å². The molecule has 3 rings (SSSR count). The number of carbonyl (C=O) groups is 2. The first-order chi connectivity index (χ1) is 11.0. The highest BCUT2D eigenvalue weighted by Gasteiger charge is 2.13. The van der Waals surface area contributed by atoms with E-state index in [0.717, 1.165) is 0 Å². The van der Waals surface area contributed by atoms with Crippen LogP contribution in [0.25, 0.3) is 11.0 Å². The minimum atomic E-state index is -1.36. The molecule has 0 saturated heterocycles. The van der Waals surface area contributed by atoms with Gasteiger partial charge in [-0.2, -0.15) is 0 Å². The molecule has 0 saturated carbocycles. The molecule has 0 atom stereocenters. The predicted molar refractivity (Wildman–Crippen MR) is 80.8 cm³/mol. The molecule has 0 aliphatic heterocycles. The van der Waals surface area contributed by atoms with Crippen LogP contribution in [-0.2, 0) is 0 Å². The van der Waals surface area contributed by atoms with E-state index in [-0.39, 0.29) is 11.3 Å². The molecule has 0 aliphatic rings. The molecule has 1 N–H and O–H groups in total. The Bertz CT molecular complexity index is 956. The van der Waals surface area contributed by atoms with Crippen LogP contribution in [0.15, 0.2) is 63.8 Å². The maximum absolute atomic E-state index is 12.0. The fourth-order valence-corrected chi connectivity index (χ4v) is 2.04. The number of hydrogen-bond donors (Lipinski definition) is 1. The first kappa shape index (κ1) is 14.5. The number of benzene rings is 2. The van der Waals surface area contributed by atoms with Gasteiger partial charge in [0.1, 0.15) is 16.9 Å². The van der Waals surface area contributed by atoms with Gasteiger partial charge in [0.2, 0.25) is 0 Å². The van der Waals surface area contributed by atoms with Crippen LogP contribution < -0.4 is 10.4 Å². The van der Waals surface area contributed by atoms with Crippen LogP contribution in [0.2, 0.25) is 0 Å². The Kier molecular flexibility index (Phi) is 3.64. The van der Waals surface area contributed by atoms with Gasteiger partial charge in [-0.1, -0.05) is 18.2 Å². The maximum atomic E-state index is 12.0. The van der Waals surface area contributed by atoms with Crippen molar-refractivity contribution in [2.24, 2.45) is 0 Å². The van der Waals surface area contributed by atoms with Crippen molar-refractivity contribution in [3.8, 4) is 5.75 Å². The van der Waals surface area contributed by atoms with Gasteiger partial charge in [0.05, 0.1) is 5.56 Å². The van der Waals surface area contributed by atoms with Crippen LogP contribution in [0.1, 0.15) is 20.7 Å². The molecular formula is C17H10O6. The number of carboxylic acid groups (broad SMARTS) is 1. The Balaban J connectivity index is 1.94. The van der Waals surface area contributed by atoms with E-state index in [4.69, 9.17) is 14.3 Å². The molecule has 3 aromatic rings. The van der Waals surface area contributed by atoms with E-state index in [9.17, 15) is 14.4 Å². The van der Waals surface area contributed by atoms with Crippen molar-refractivity contribution < 1.29 is 23.8 Å². The third-order valence-corrected chi connectivity index (χ3v) is 3.16. The number of rotatable bonds is 3. The van der Waals surface area contributed by atoms with Gasteiger partial charge in [-0.15, -0.1) is 0 Å². The van der Waals surface area contributed by atoms with Crippen LogP contribution in [0.5, 0.6) is 5.75 Å². The van der Waals surface area contributed by atoms with Crippen LogP contribution in [-0.4, -0.2) is 17.0 Å². The van der Waals surface area contributed by atoms with Crippen LogP contribution >= 0.6 is 0 Å². The predicted octanol–water partition coefficient (Wildman–Crippen LogP) is 2.71. The van der Waals surface area contributed by atoms with Crippen LogP contribution in [0.4, 0.5) is 0 Å². The maximum Gasteiger partial charge on any atom is 0.351 e. The first-order valence-corrected chi connectivity index (χ1v) is 6.63. The monoisotopic (exact) mass is 310 g/mol. The minimum absolute atomic E-state index is 0.137. The van der Waals surface area contributed by atoms with Crippen molar-refractivity contribution in [2.75, 3.05) is 0 Å². The van der Waals surface area contributed by atoms with E-state index in [1.807, 2.05) is 0 Å². The summed E-state index contributed by atoms with van der Waals surface area (Å²) >= 11 is 0. The lowest BCUT2D eigenvalue weighted by molar-refractivity contribution is 0.0690. The Morgan fingerprint density at radius 2 is 1.74 bits per heavy atom. The van der Waals surface area contributed by atoms with E-state index >= 15 is 0 Å². The SMILES string of the molecule is O=C(Oc1ccc2cc(C(=O)O)c(=O)oc2c1)c1ccccc1. The Hall–Kier alpha value is -3.41. The molecule has 6 heteroatoms. The highest BCUT2D eigenvalue weighted by atomic mass is 16.5. The van der Waals surface area contributed by atoms with Crippen molar-refractivity contribution in [2.45, 2.75) is 0 Å². The quantitative estimate of drug-likeness (QED) is 0.454. The van der Waals surface area contributed by atoms with Gasteiger partial charge < -0.3 is 14.3 Å². The van der Waals surface area contributed by atoms with E-state index in [1.165, 1.54) is 24.3 Å². The summed E-state index contributed by atoms with van der Waals surface area (Å²) < 4.78 is 10.2. The average Bonchev–Trinajstić information content (AvgIpc) is 2.54. The molecule has 1 heterocycles. The van der Waals surface area contributed by atoms with Crippen molar-refractivity contribution in [1.82, 2.24) is 0 Å². The largest absolute Gasteiger partial charge is 0.477 e. The molecule has 0 amide bonds. The number of esters is 1. The highest BCUT2D eigenvalue weighted by molar-refractivity contribution is 5.93. The number of carbonyl (C=O) groups excluding carboxylic acids is 1. The molecular weight excluding hydrogens is 300 g/mol. The summed E-state index contributed by atoms with van der Waals surface area (Å²) in [5.41, 5.74) is -0.892. The van der Waals surface area contributed by atoms with Gasteiger partial charge in [0.25, 0.3) is 0 Å². The zero-order chi connectivity index (χ0) is 16.4. The minimum Gasteiger partial charge on any atom is -0.477 e. The van der Waals surface area contributed by atoms with Gasteiger partial charge in [-0.05, 0) is 30.3 Å². The topological polar surface area (TPSA) is 93.8 Å². The molecule has 0 radical (unpaired) electrons. The zero-order valence-electron chi connectivity index (χ0n) is 11.7. The molecule has 0 aliphatic carbocycles. The molecule has 2 aromatic carbocycles. The molecule has 0 fully saturated rings. The summed E-state index contributed by atoms with van der Waals surface area (Å²) in [5.74, 6) is -1.72. The van der Waals surface area contributed by atoms with Gasteiger partial charge in [-0.25, -0.2) is 14.4 Å². The second-order valence-corrected chi connectivity index (χ2v) is 4.71. The van der Waals surface area contributed by atoms with Gasteiger partial charge in [0.15, 0.2) is 0 Å². The summed E-state index contributed by atoms with van der Waals surface area (Å²) in [4.78, 5) is 34.4.